The number of aromatic hydroxyl groups is 1. The van der Waals surface area contributed by atoms with Gasteiger partial charge in [0.25, 0.3) is 0 Å². The minimum Gasteiger partial charge on any atom is -0.506 e. The highest BCUT2D eigenvalue weighted by molar-refractivity contribution is 9.10. The number of aromatic nitrogens is 1. The molecule has 2 aromatic rings. The summed E-state index contributed by atoms with van der Waals surface area (Å²) >= 11 is 3.42. The summed E-state index contributed by atoms with van der Waals surface area (Å²) in [6.45, 7) is 2.32. The summed E-state index contributed by atoms with van der Waals surface area (Å²) in [5.41, 5.74) is 2.33. The molecule has 0 aliphatic heterocycles. The van der Waals surface area contributed by atoms with Crippen LogP contribution >= 0.6 is 15.9 Å². The number of anilines is 1. The molecular weight excluding hydrogens is 308 g/mol. The minimum atomic E-state index is 0.187. The first-order chi connectivity index (χ1) is 9.10. The normalized spacial score (nSPS) is 10.3. The Bertz CT molecular complexity index is 588. The van der Waals surface area contributed by atoms with Crippen LogP contribution in [-0.2, 0) is 6.54 Å². The van der Waals surface area contributed by atoms with Crippen LogP contribution in [0.2, 0.25) is 0 Å². The fraction of sp³-hybridized carbons (Fsp3) is 0.214. The summed E-state index contributed by atoms with van der Waals surface area (Å²) in [5.74, 6) is 0.933. The first-order valence-corrected chi connectivity index (χ1v) is 6.62. The molecule has 0 unspecified atom stereocenters. The quantitative estimate of drug-likeness (QED) is 0.904. The standard InChI is InChI=1S/C14H15BrN2O2/c1-9-3-5-13(18)12(17-9)8-16-11-7-10(15)4-6-14(11)19-2/h3-7,16,18H,8H2,1-2H3. The summed E-state index contributed by atoms with van der Waals surface area (Å²) in [6.07, 6.45) is 0. The Labute approximate surface area is 120 Å². The molecule has 1 heterocycles. The topological polar surface area (TPSA) is 54.4 Å². The van der Waals surface area contributed by atoms with E-state index < -0.39 is 0 Å². The van der Waals surface area contributed by atoms with Gasteiger partial charge in [0, 0.05) is 10.2 Å². The molecule has 5 heteroatoms. The number of benzene rings is 1. The molecule has 0 radical (unpaired) electrons. The van der Waals surface area contributed by atoms with Gasteiger partial charge in [-0.15, -0.1) is 0 Å². The van der Waals surface area contributed by atoms with Crippen molar-refractivity contribution in [3.8, 4) is 11.5 Å². The van der Waals surface area contributed by atoms with Crippen molar-refractivity contribution in [2.75, 3.05) is 12.4 Å². The lowest BCUT2D eigenvalue weighted by molar-refractivity contribution is 0.416. The molecule has 0 aliphatic carbocycles. The van der Waals surface area contributed by atoms with Crippen molar-refractivity contribution in [3.05, 3.63) is 46.2 Å². The van der Waals surface area contributed by atoms with Gasteiger partial charge in [0.1, 0.15) is 17.2 Å². The van der Waals surface area contributed by atoms with E-state index in [4.69, 9.17) is 4.74 Å². The van der Waals surface area contributed by atoms with Gasteiger partial charge >= 0.3 is 0 Å². The second-order valence-electron chi connectivity index (χ2n) is 4.12. The van der Waals surface area contributed by atoms with Crippen LogP contribution in [0.4, 0.5) is 5.69 Å². The second-order valence-corrected chi connectivity index (χ2v) is 5.03. The van der Waals surface area contributed by atoms with Crippen molar-refractivity contribution in [1.29, 1.82) is 0 Å². The molecule has 0 bridgehead atoms. The van der Waals surface area contributed by atoms with Gasteiger partial charge in [-0.25, -0.2) is 0 Å². The number of methoxy groups -OCH3 is 1. The molecule has 0 saturated heterocycles. The average Bonchev–Trinajstić information content (AvgIpc) is 2.40. The van der Waals surface area contributed by atoms with Gasteiger partial charge in [0.15, 0.2) is 0 Å². The summed E-state index contributed by atoms with van der Waals surface area (Å²) < 4.78 is 6.23. The first-order valence-electron chi connectivity index (χ1n) is 5.83. The molecule has 0 amide bonds. The van der Waals surface area contributed by atoms with Gasteiger partial charge in [-0.1, -0.05) is 15.9 Å². The number of aryl methyl sites for hydroxylation is 1. The molecule has 0 saturated carbocycles. The SMILES string of the molecule is COc1ccc(Br)cc1NCc1nc(C)ccc1O. The molecule has 0 spiro atoms. The Morgan fingerprint density at radius 1 is 1.32 bits per heavy atom. The monoisotopic (exact) mass is 322 g/mol. The maximum Gasteiger partial charge on any atom is 0.142 e. The lowest BCUT2D eigenvalue weighted by atomic mass is 10.2. The molecule has 1 aromatic heterocycles. The van der Waals surface area contributed by atoms with E-state index in [1.807, 2.05) is 25.1 Å². The van der Waals surface area contributed by atoms with Crippen LogP contribution in [0.5, 0.6) is 11.5 Å². The van der Waals surface area contributed by atoms with Crippen molar-refractivity contribution in [1.82, 2.24) is 4.98 Å². The molecule has 2 rings (SSSR count). The summed E-state index contributed by atoms with van der Waals surface area (Å²) in [6, 6.07) is 9.13. The second kappa shape index (κ2) is 5.93. The van der Waals surface area contributed by atoms with Gasteiger partial charge in [-0.3, -0.25) is 4.98 Å². The van der Waals surface area contributed by atoms with Crippen LogP contribution in [0.1, 0.15) is 11.4 Å². The number of rotatable bonds is 4. The molecule has 0 atom stereocenters. The third-order valence-electron chi connectivity index (χ3n) is 2.70. The predicted molar refractivity (Wildman–Crippen MR) is 78.7 cm³/mol. The van der Waals surface area contributed by atoms with Gasteiger partial charge in [-0.05, 0) is 37.3 Å². The molecule has 1 aromatic carbocycles. The van der Waals surface area contributed by atoms with E-state index in [1.165, 1.54) is 0 Å². The predicted octanol–water partition coefficient (Wildman–Crippen LogP) is 3.48. The van der Waals surface area contributed by atoms with Crippen molar-refractivity contribution >= 4 is 21.6 Å². The fourth-order valence-corrected chi connectivity index (χ4v) is 2.09. The van der Waals surface area contributed by atoms with Gasteiger partial charge < -0.3 is 15.2 Å². The van der Waals surface area contributed by atoms with Gasteiger partial charge in [0.2, 0.25) is 0 Å². The van der Waals surface area contributed by atoms with E-state index in [1.54, 1.807) is 19.2 Å². The highest BCUT2D eigenvalue weighted by atomic mass is 79.9. The lowest BCUT2D eigenvalue weighted by Gasteiger charge is -2.12. The summed E-state index contributed by atoms with van der Waals surface area (Å²) in [7, 11) is 1.62. The van der Waals surface area contributed by atoms with Crippen LogP contribution in [-0.4, -0.2) is 17.2 Å². The number of hydrogen-bond acceptors (Lipinski definition) is 4. The van der Waals surface area contributed by atoms with E-state index in [2.05, 4.69) is 26.2 Å². The Morgan fingerprint density at radius 2 is 2.11 bits per heavy atom. The number of ether oxygens (including phenoxy) is 1. The summed E-state index contributed by atoms with van der Waals surface area (Å²) in [5, 5.41) is 13.0. The molecule has 0 fully saturated rings. The molecule has 100 valence electrons. The third kappa shape index (κ3) is 3.38. The van der Waals surface area contributed by atoms with Crippen molar-refractivity contribution < 1.29 is 9.84 Å². The van der Waals surface area contributed by atoms with Crippen molar-refractivity contribution in [2.45, 2.75) is 13.5 Å². The largest absolute Gasteiger partial charge is 0.506 e. The van der Waals surface area contributed by atoms with Crippen LogP contribution in [0.3, 0.4) is 0 Å². The first kappa shape index (κ1) is 13.7. The molecule has 2 N–H and O–H groups in total. The Hall–Kier alpha value is -1.75. The minimum absolute atomic E-state index is 0.187. The molecule has 19 heavy (non-hydrogen) atoms. The zero-order valence-electron chi connectivity index (χ0n) is 10.8. The van der Waals surface area contributed by atoms with Gasteiger partial charge in [0.05, 0.1) is 19.3 Å². The lowest BCUT2D eigenvalue weighted by Crippen LogP contribution is -2.04. The van der Waals surface area contributed by atoms with Crippen LogP contribution in [0.15, 0.2) is 34.8 Å². The van der Waals surface area contributed by atoms with E-state index in [0.717, 1.165) is 21.6 Å². The maximum atomic E-state index is 9.75. The van der Waals surface area contributed by atoms with Gasteiger partial charge in [-0.2, -0.15) is 0 Å². The Morgan fingerprint density at radius 3 is 2.84 bits per heavy atom. The third-order valence-corrected chi connectivity index (χ3v) is 3.19. The van der Waals surface area contributed by atoms with E-state index in [9.17, 15) is 5.11 Å². The average molecular weight is 323 g/mol. The zero-order valence-corrected chi connectivity index (χ0v) is 12.4. The molecular formula is C14H15BrN2O2. The summed E-state index contributed by atoms with van der Waals surface area (Å²) in [4.78, 5) is 4.30. The number of pyridine rings is 1. The van der Waals surface area contributed by atoms with E-state index in [0.29, 0.717) is 12.2 Å². The van der Waals surface area contributed by atoms with Crippen molar-refractivity contribution in [2.24, 2.45) is 0 Å². The fourth-order valence-electron chi connectivity index (χ4n) is 1.73. The number of nitrogens with zero attached hydrogens (tertiary/aromatic N) is 1. The number of nitrogens with one attached hydrogen (secondary N) is 1. The number of halogens is 1. The molecule has 0 aliphatic rings. The Kier molecular flexibility index (Phi) is 4.27. The highest BCUT2D eigenvalue weighted by Gasteiger charge is 2.06. The van der Waals surface area contributed by atoms with Crippen molar-refractivity contribution in [3.63, 3.8) is 0 Å². The number of hydrogen-bond donors (Lipinski definition) is 2. The highest BCUT2D eigenvalue weighted by Crippen LogP contribution is 2.28. The molecule has 4 nitrogen and oxygen atoms in total. The van der Waals surface area contributed by atoms with E-state index in [-0.39, 0.29) is 5.75 Å². The van der Waals surface area contributed by atoms with Crippen LogP contribution < -0.4 is 10.1 Å². The smallest absolute Gasteiger partial charge is 0.142 e. The van der Waals surface area contributed by atoms with Crippen LogP contribution in [0.25, 0.3) is 0 Å². The van der Waals surface area contributed by atoms with E-state index >= 15 is 0 Å². The Balaban J connectivity index is 2.18. The maximum absolute atomic E-state index is 9.75. The van der Waals surface area contributed by atoms with Crippen LogP contribution in [0, 0.1) is 6.92 Å². The zero-order chi connectivity index (χ0) is 13.8.